The van der Waals surface area contributed by atoms with Crippen LogP contribution in [0.25, 0.3) is 0 Å². The van der Waals surface area contributed by atoms with E-state index in [-0.39, 0.29) is 28.3 Å². The first-order valence-electron chi connectivity index (χ1n) is 9.08. The van der Waals surface area contributed by atoms with Crippen LogP contribution in [0, 0.1) is 17.0 Å². The second-order valence-corrected chi connectivity index (χ2v) is 7.25. The smallest absolute Gasteiger partial charge is 0.277 e. The third-order valence-electron chi connectivity index (χ3n) is 4.45. The van der Waals surface area contributed by atoms with Crippen LogP contribution >= 0.6 is 11.8 Å². The van der Waals surface area contributed by atoms with E-state index in [4.69, 9.17) is 5.73 Å². The van der Waals surface area contributed by atoms with E-state index in [2.05, 4.69) is 34.0 Å². The molecular formula is C18H24N6O4S. The predicted molar refractivity (Wildman–Crippen MR) is 114 cm³/mol. The number of aromatic amines is 1. The molecule has 0 unspecified atom stereocenters. The number of rotatable bonds is 9. The fraction of sp³-hybridized carbons (Fsp3) is 0.389. The number of anilines is 2. The number of hydrogen-bond acceptors (Lipinski definition) is 8. The lowest BCUT2D eigenvalue weighted by Gasteiger charge is -2.17. The molecule has 4 N–H and O–H groups in total. The Balaban J connectivity index is 2.16. The van der Waals surface area contributed by atoms with Gasteiger partial charge in [-0.3, -0.25) is 24.7 Å². The minimum Gasteiger partial charge on any atom is -0.382 e. The van der Waals surface area contributed by atoms with Crippen molar-refractivity contribution in [1.29, 1.82) is 0 Å². The summed E-state index contributed by atoms with van der Waals surface area (Å²) in [5.41, 5.74) is 5.19. The zero-order chi connectivity index (χ0) is 21.6. The van der Waals surface area contributed by atoms with Crippen LogP contribution in [-0.2, 0) is 0 Å². The summed E-state index contributed by atoms with van der Waals surface area (Å²) < 4.78 is 0. The molecule has 0 aliphatic heterocycles. The number of nitrogen functional groups attached to an aromatic ring is 1. The van der Waals surface area contributed by atoms with Gasteiger partial charge in [0.1, 0.15) is 5.69 Å². The van der Waals surface area contributed by atoms with E-state index in [9.17, 15) is 19.7 Å². The van der Waals surface area contributed by atoms with Crippen molar-refractivity contribution in [2.24, 2.45) is 0 Å². The molecule has 1 aromatic carbocycles. The van der Waals surface area contributed by atoms with Gasteiger partial charge in [-0.25, -0.2) is 4.98 Å². The third-order valence-corrected chi connectivity index (χ3v) is 5.30. The topological polar surface area (TPSA) is 147 Å². The number of H-pyrrole nitrogens is 1. The summed E-state index contributed by atoms with van der Waals surface area (Å²) in [6, 6.07) is 4.15. The molecular weight excluding hydrogens is 396 g/mol. The minimum absolute atomic E-state index is 0.0793. The fourth-order valence-corrected chi connectivity index (χ4v) is 3.59. The van der Waals surface area contributed by atoms with Gasteiger partial charge in [-0.15, -0.1) is 0 Å². The molecule has 1 amide bonds. The number of nitrogens with two attached hydrogens (primary N) is 1. The molecule has 2 rings (SSSR count). The lowest BCUT2D eigenvalue weighted by Crippen LogP contribution is -2.26. The molecule has 0 radical (unpaired) electrons. The largest absolute Gasteiger partial charge is 0.382 e. The zero-order valence-corrected chi connectivity index (χ0v) is 17.3. The van der Waals surface area contributed by atoms with Crippen LogP contribution < -0.4 is 16.6 Å². The summed E-state index contributed by atoms with van der Waals surface area (Å²) >= 11 is 1.36. The number of nitro groups is 1. The number of aromatic nitrogens is 2. The van der Waals surface area contributed by atoms with Crippen molar-refractivity contribution in [3.63, 3.8) is 0 Å². The molecule has 11 heteroatoms. The second kappa shape index (κ2) is 10.0. The molecule has 0 aliphatic carbocycles. The summed E-state index contributed by atoms with van der Waals surface area (Å²) in [7, 11) is 0. The van der Waals surface area contributed by atoms with E-state index >= 15 is 0 Å². The zero-order valence-electron chi connectivity index (χ0n) is 16.5. The summed E-state index contributed by atoms with van der Waals surface area (Å²) in [6.45, 7) is 8.33. The van der Waals surface area contributed by atoms with E-state index in [0.717, 1.165) is 25.4 Å². The maximum atomic E-state index is 12.5. The first kappa shape index (κ1) is 22.4. The highest BCUT2D eigenvalue weighted by Gasteiger charge is 2.20. The fourth-order valence-electron chi connectivity index (χ4n) is 2.72. The van der Waals surface area contributed by atoms with Crippen LogP contribution in [0.4, 0.5) is 17.2 Å². The van der Waals surface area contributed by atoms with Gasteiger partial charge in [0.15, 0.2) is 11.0 Å². The number of hydrogen-bond donors (Lipinski definition) is 3. The van der Waals surface area contributed by atoms with Gasteiger partial charge in [0, 0.05) is 29.5 Å². The number of thioether (sulfide) groups is 1. The molecule has 0 saturated carbocycles. The molecule has 0 atom stereocenters. The molecule has 156 valence electrons. The standard InChI is InChI=1S/C18H24N6O4S/c1-4-23(5-2)9-10-29-18-21-15(19)14(17(26)22-18)20-16(25)12-7-6-8-13(11(12)3)24(27)28/h6-8H,4-5,9-10H2,1-3H3,(H,20,25)(H3,19,21,22,26). The van der Waals surface area contributed by atoms with Gasteiger partial charge in [-0.05, 0) is 26.1 Å². The molecule has 1 aromatic heterocycles. The molecule has 0 fully saturated rings. The van der Waals surface area contributed by atoms with E-state index in [0.29, 0.717) is 5.16 Å². The van der Waals surface area contributed by atoms with Crippen molar-refractivity contribution in [2.45, 2.75) is 25.9 Å². The average molecular weight is 420 g/mol. The number of nitrogens with zero attached hydrogens (tertiary/aromatic N) is 3. The van der Waals surface area contributed by atoms with Crippen LogP contribution in [0.1, 0.15) is 29.8 Å². The SMILES string of the molecule is CCN(CC)CCSc1nc(N)c(NC(=O)c2cccc([N+](=O)[O-])c2C)c(=O)[nH]1. The molecule has 0 saturated heterocycles. The number of nitro benzene ring substituents is 1. The molecule has 0 bridgehead atoms. The van der Waals surface area contributed by atoms with E-state index in [1.807, 2.05) is 0 Å². The maximum Gasteiger partial charge on any atom is 0.277 e. The summed E-state index contributed by atoms with van der Waals surface area (Å²) in [5, 5.41) is 13.8. The van der Waals surface area contributed by atoms with Gasteiger partial charge < -0.3 is 16.0 Å². The lowest BCUT2D eigenvalue weighted by atomic mass is 10.1. The molecule has 1 heterocycles. The maximum absolute atomic E-state index is 12.5. The summed E-state index contributed by atoms with van der Waals surface area (Å²) in [6.07, 6.45) is 0. The van der Waals surface area contributed by atoms with Gasteiger partial charge in [-0.2, -0.15) is 0 Å². The number of carbonyl (C=O) groups is 1. The van der Waals surface area contributed by atoms with Crippen LogP contribution in [0.3, 0.4) is 0 Å². The summed E-state index contributed by atoms with van der Waals surface area (Å²) in [5.74, 6) is -0.0644. The normalized spacial score (nSPS) is 10.9. The molecule has 2 aromatic rings. The van der Waals surface area contributed by atoms with Crippen LogP contribution in [0.15, 0.2) is 28.2 Å². The Morgan fingerprint density at radius 1 is 1.38 bits per heavy atom. The third kappa shape index (κ3) is 5.55. The number of nitrogens with one attached hydrogen (secondary N) is 2. The van der Waals surface area contributed by atoms with Crippen molar-refractivity contribution in [3.8, 4) is 0 Å². The quantitative estimate of drug-likeness (QED) is 0.242. The van der Waals surface area contributed by atoms with Gasteiger partial charge >= 0.3 is 0 Å². The van der Waals surface area contributed by atoms with Gasteiger partial charge in [0.05, 0.1) is 4.92 Å². The highest BCUT2D eigenvalue weighted by Crippen LogP contribution is 2.23. The van der Waals surface area contributed by atoms with Crippen molar-refractivity contribution >= 4 is 34.9 Å². The monoisotopic (exact) mass is 420 g/mol. The Labute approximate surface area is 172 Å². The molecule has 0 aliphatic rings. The van der Waals surface area contributed by atoms with Gasteiger partial charge in [-0.1, -0.05) is 31.7 Å². The Bertz CT molecular complexity index is 958. The number of amides is 1. The first-order chi connectivity index (χ1) is 13.8. The molecule has 0 spiro atoms. The van der Waals surface area contributed by atoms with E-state index < -0.39 is 16.4 Å². The van der Waals surface area contributed by atoms with Crippen molar-refractivity contribution in [1.82, 2.24) is 14.9 Å². The Morgan fingerprint density at radius 3 is 2.66 bits per heavy atom. The Hall–Kier alpha value is -2.92. The number of carbonyl (C=O) groups excluding carboxylic acids is 1. The Kier molecular flexibility index (Phi) is 7.74. The Morgan fingerprint density at radius 2 is 2.07 bits per heavy atom. The van der Waals surface area contributed by atoms with Crippen LogP contribution in [0.2, 0.25) is 0 Å². The van der Waals surface area contributed by atoms with Crippen molar-refractivity contribution < 1.29 is 9.72 Å². The predicted octanol–water partition coefficient (Wildman–Crippen LogP) is 2.25. The van der Waals surface area contributed by atoms with E-state index in [1.165, 1.54) is 36.9 Å². The van der Waals surface area contributed by atoms with Crippen molar-refractivity contribution in [3.05, 3.63) is 49.8 Å². The minimum atomic E-state index is -0.674. The van der Waals surface area contributed by atoms with Crippen LogP contribution in [-0.4, -0.2) is 51.1 Å². The van der Waals surface area contributed by atoms with Gasteiger partial charge in [0.25, 0.3) is 17.2 Å². The van der Waals surface area contributed by atoms with E-state index in [1.54, 1.807) is 0 Å². The summed E-state index contributed by atoms with van der Waals surface area (Å²) in [4.78, 5) is 44.4. The molecule has 29 heavy (non-hydrogen) atoms. The second-order valence-electron chi connectivity index (χ2n) is 6.17. The molecule has 10 nitrogen and oxygen atoms in total. The lowest BCUT2D eigenvalue weighted by molar-refractivity contribution is -0.385. The van der Waals surface area contributed by atoms with Crippen LogP contribution in [0.5, 0.6) is 0 Å². The highest BCUT2D eigenvalue weighted by molar-refractivity contribution is 7.99. The van der Waals surface area contributed by atoms with Crippen molar-refractivity contribution in [2.75, 3.05) is 36.4 Å². The highest BCUT2D eigenvalue weighted by atomic mass is 32.2. The van der Waals surface area contributed by atoms with Gasteiger partial charge in [0.2, 0.25) is 0 Å². The average Bonchev–Trinajstić information content (AvgIpc) is 2.68. The first-order valence-corrected chi connectivity index (χ1v) is 10.1. The number of benzene rings is 1.